The first-order valence-corrected chi connectivity index (χ1v) is 9.97. The predicted octanol–water partition coefficient (Wildman–Crippen LogP) is -1.04. The largest absolute Gasteiger partial charge is 0.510 e. The molecule has 0 aliphatic heterocycles. The predicted molar refractivity (Wildman–Crippen MR) is 113 cm³/mol. The number of hydrogen-bond donors (Lipinski definition) is 6. The summed E-state index contributed by atoms with van der Waals surface area (Å²) in [5.74, 6) is -7.89. The minimum absolute atomic E-state index is 0. The molecule has 4 rings (SSSR count). The van der Waals surface area contributed by atoms with Gasteiger partial charge in [0.1, 0.15) is 22.8 Å². The van der Waals surface area contributed by atoms with Gasteiger partial charge < -0.3 is 36.7 Å². The first-order chi connectivity index (χ1) is 14.8. The standard InChI is InChI=1S/C22H24N2O8.H2O/c1-21(31)8-5-4-6-11(25)12(8)16(26)13-9(21)7-10-15(24(2)3)17(27)14(20(23)30)19(29)22(10,32)18(13)28;/h4-6,9-10,15,25,27-28,31-32H,7H2,1-3H3,(H2,23,30);1H2/t9-,10-,15-,21+,22-;/m0./s1. The Morgan fingerprint density at radius 1 is 1.15 bits per heavy atom. The number of carbonyl (C=O) groups is 3. The van der Waals surface area contributed by atoms with Crippen molar-refractivity contribution in [1.82, 2.24) is 4.90 Å². The van der Waals surface area contributed by atoms with Crippen molar-refractivity contribution in [2.45, 2.75) is 30.6 Å². The average molecular weight is 462 g/mol. The molecule has 0 saturated heterocycles. The molecule has 0 unspecified atom stereocenters. The lowest BCUT2D eigenvalue weighted by Crippen LogP contribution is -2.65. The first-order valence-electron chi connectivity index (χ1n) is 9.97. The molecule has 0 bridgehead atoms. The maximum atomic E-state index is 13.3. The number of Topliss-reactive ketones (excluding diaryl/α,β-unsaturated/α-hetero) is 2. The van der Waals surface area contributed by atoms with Crippen molar-refractivity contribution >= 4 is 17.5 Å². The fraction of sp³-hybridized carbons (Fsp3) is 0.409. The summed E-state index contributed by atoms with van der Waals surface area (Å²) in [6.07, 6.45) is -0.200. The van der Waals surface area contributed by atoms with Crippen LogP contribution in [0.4, 0.5) is 0 Å². The van der Waals surface area contributed by atoms with Crippen LogP contribution in [0.2, 0.25) is 0 Å². The van der Waals surface area contributed by atoms with Crippen LogP contribution in [-0.4, -0.2) is 79.1 Å². The van der Waals surface area contributed by atoms with Gasteiger partial charge in [0, 0.05) is 17.4 Å². The number of phenolic OH excluding ortho intramolecular Hbond substituents is 1. The van der Waals surface area contributed by atoms with Gasteiger partial charge in [0.05, 0.1) is 17.2 Å². The van der Waals surface area contributed by atoms with Crippen LogP contribution in [-0.2, 0) is 15.2 Å². The van der Waals surface area contributed by atoms with Crippen LogP contribution < -0.4 is 5.73 Å². The molecule has 33 heavy (non-hydrogen) atoms. The molecule has 11 nitrogen and oxygen atoms in total. The van der Waals surface area contributed by atoms with Gasteiger partial charge in [0.2, 0.25) is 5.78 Å². The number of hydrogen-bond acceptors (Lipinski definition) is 9. The van der Waals surface area contributed by atoms with E-state index in [0.717, 1.165) is 0 Å². The Morgan fingerprint density at radius 3 is 2.30 bits per heavy atom. The second-order valence-corrected chi connectivity index (χ2v) is 8.96. The van der Waals surface area contributed by atoms with Crippen LogP contribution >= 0.6 is 0 Å². The number of benzene rings is 1. The number of aliphatic hydroxyl groups is 4. The number of aliphatic hydroxyl groups excluding tert-OH is 2. The van der Waals surface area contributed by atoms with E-state index in [9.17, 15) is 39.9 Å². The third-order valence-corrected chi connectivity index (χ3v) is 7.02. The Morgan fingerprint density at radius 2 is 1.76 bits per heavy atom. The molecule has 1 aromatic carbocycles. The van der Waals surface area contributed by atoms with Gasteiger partial charge in [-0.25, -0.2) is 0 Å². The number of aromatic hydroxyl groups is 1. The molecule has 178 valence electrons. The van der Waals surface area contributed by atoms with E-state index in [1.165, 1.54) is 44.1 Å². The van der Waals surface area contributed by atoms with Gasteiger partial charge in [-0.15, -0.1) is 0 Å². The van der Waals surface area contributed by atoms with E-state index in [-0.39, 0.29) is 23.0 Å². The number of amides is 1. The minimum atomic E-state index is -2.75. The van der Waals surface area contributed by atoms with Crippen molar-refractivity contribution in [3.05, 3.63) is 52.0 Å². The van der Waals surface area contributed by atoms with E-state index >= 15 is 0 Å². The molecule has 0 saturated carbocycles. The van der Waals surface area contributed by atoms with Crippen LogP contribution in [0.5, 0.6) is 5.75 Å². The monoisotopic (exact) mass is 462 g/mol. The highest BCUT2D eigenvalue weighted by Gasteiger charge is 2.65. The van der Waals surface area contributed by atoms with E-state index < -0.39 is 75.0 Å². The summed E-state index contributed by atoms with van der Waals surface area (Å²) in [5, 5.41) is 55.0. The van der Waals surface area contributed by atoms with E-state index in [1.54, 1.807) is 0 Å². The molecule has 9 N–H and O–H groups in total. The number of rotatable bonds is 2. The number of likely N-dealkylation sites (N-methyl/N-ethyl adjacent to an activating group) is 1. The number of carbonyl (C=O) groups excluding carboxylic acids is 3. The lowest BCUT2D eigenvalue weighted by atomic mass is 9.55. The van der Waals surface area contributed by atoms with Gasteiger partial charge in [0.15, 0.2) is 11.4 Å². The molecular formula is C22H26N2O9. The molecule has 0 fully saturated rings. The lowest BCUT2D eigenvalue weighted by Gasteiger charge is -2.52. The first kappa shape index (κ1) is 24.4. The third kappa shape index (κ3) is 2.86. The van der Waals surface area contributed by atoms with Crippen molar-refractivity contribution in [3.8, 4) is 5.75 Å². The number of nitrogens with two attached hydrogens (primary N) is 1. The number of primary amides is 1. The van der Waals surface area contributed by atoms with Gasteiger partial charge in [-0.2, -0.15) is 0 Å². The third-order valence-electron chi connectivity index (χ3n) is 7.02. The minimum Gasteiger partial charge on any atom is -0.510 e. The van der Waals surface area contributed by atoms with Crippen molar-refractivity contribution in [2.24, 2.45) is 17.6 Å². The highest BCUT2D eigenvalue weighted by molar-refractivity contribution is 6.24. The Kier molecular flexibility index (Phi) is 5.46. The highest BCUT2D eigenvalue weighted by Crippen LogP contribution is 2.56. The van der Waals surface area contributed by atoms with Gasteiger partial charge in [-0.3, -0.25) is 19.3 Å². The smallest absolute Gasteiger partial charge is 0.255 e. The molecule has 3 aliphatic rings. The Hall–Kier alpha value is -3.25. The molecule has 1 aromatic rings. The van der Waals surface area contributed by atoms with Gasteiger partial charge in [0.25, 0.3) is 5.91 Å². The van der Waals surface area contributed by atoms with Crippen molar-refractivity contribution in [3.63, 3.8) is 0 Å². The van der Waals surface area contributed by atoms with E-state index in [4.69, 9.17) is 5.73 Å². The summed E-state index contributed by atoms with van der Waals surface area (Å²) in [4.78, 5) is 39.9. The van der Waals surface area contributed by atoms with Crippen LogP contribution in [0.15, 0.2) is 40.9 Å². The van der Waals surface area contributed by atoms with Crippen molar-refractivity contribution in [2.75, 3.05) is 14.1 Å². The molecule has 11 heteroatoms. The molecule has 1 amide bonds. The number of nitrogens with zero attached hydrogens (tertiary/aromatic N) is 1. The fourth-order valence-electron chi connectivity index (χ4n) is 5.51. The number of phenols is 1. The van der Waals surface area contributed by atoms with E-state index in [0.29, 0.717) is 0 Å². The fourth-order valence-corrected chi connectivity index (χ4v) is 5.51. The summed E-state index contributed by atoms with van der Waals surface area (Å²) in [5.41, 5.74) is -0.654. The molecule has 3 aliphatic carbocycles. The van der Waals surface area contributed by atoms with Crippen molar-refractivity contribution in [1.29, 1.82) is 0 Å². The average Bonchev–Trinajstić information content (AvgIpc) is 2.68. The van der Waals surface area contributed by atoms with Crippen LogP contribution in [0.1, 0.15) is 29.3 Å². The summed E-state index contributed by atoms with van der Waals surface area (Å²) in [7, 11) is 3.06. The molecular weight excluding hydrogens is 436 g/mol. The Balaban J connectivity index is 0.00000306. The normalized spacial score (nSPS) is 33.3. The molecule has 0 radical (unpaired) electrons. The van der Waals surface area contributed by atoms with E-state index in [2.05, 4.69) is 0 Å². The lowest BCUT2D eigenvalue weighted by molar-refractivity contribution is -0.151. The van der Waals surface area contributed by atoms with Crippen LogP contribution in [0.3, 0.4) is 0 Å². The second kappa shape index (κ2) is 7.39. The Bertz CT molecular complexity index is 1150. The highest BCUT2D eigenvalue weighted by atomic mass is 16.3. The quantitative estimate of drug-likeness (QED) is 0.296. The zero-order chi connectivity index (χ0) is 23.9. The zero-order valence-electron chi connectivity index (χ0n) is 18.2. The van der Waals surface area contributed by atoms with Crippen molar-refractivity contribution < 1.29 is 45.4 Å². The van der Waals surface area contributed by atoms with Gasteiger partial charge in [-0.1, -0.05) is 12.1 Å². The SMILES string of the molecule is CN(C)[C@@H]1C(O)=C(C(N)=O)C(=O)[C@@]2(O)C(O)=C3C(=O)c4c(O)cccc4[C@@](C)(O)[C@H]3C[C@@H]12.O. The van der Waals surface area contributed by atoms with Gasteiger partial charge in [-0.05, 0) is 39.1 Å². The second-order valence-electron chi connectivity index (χ2n) is 8.96. The van der Waals surface area contributed by atoms with Crippen LogP contribution in [0.25, 0.3) is 0 Å². The molecule has 0 heterocycles. The van der Waals surface area contributed by atoms with Crippen LogP contribution in [0, 0.1) is 11.8 Å². The topological polar surface area (TPSA) is 213 Å². The van der Waals surface area contributed by atoms with E-state index in [1.807, 2.05) is 0 Å². The maximum Gasteiger partial charge on any atom is 0.255 e. The summed E-state index contributed by atoms with van der Waals surface area (Å²) < 4.78 is 0. The molecule has 0 aromatic heterocycles. The summed E-state index contributed by atoms with van der Waals surface area (Å²) in [6, 6.07) is 3.05. The Labute approximate surface area is 188 Å². The maximum absolute atomic E-state index is 13.3. The number of ketones is 2. The zero-order valence-corrected chi connectivity index (χ0v) is 18.2. The van der Waals surface area contributed by atoms with Gasteiger partial charge >= 0.3 is 0 Å². The molecule has 0 spiro atoms. The molecule has 5 atom stereocenters. The summed E-state index contributed by atoms with van der Waals surface area (Å²) in [6.45, 7) is 1.40. The number of fused-ring (bicyclic) bond motifs is 3. The summed E-state index contributed by atoms with van der Waals surface area (Å²) >= 11 is 0.